The number of hydrogen-bond donors (Lipinski definition) is 1. The Kier molecular flexibility index (Phi) is 8.69. The number of rotatable bonds is 10. The summed E-state index contributed by atoms with van der Waals surface area (Å²) in [6.07, 6.45) is 3.74. The van der Waals surface area contributed by atoms with Gasteiger partial charge in [-0.1, -0.05) is 30.2 Å². The van der Waals surface area contributed by atoms with Crippen LogP contribution in [0.1, 0.15) is 71.6 Å². The number of methoxy groups -OCH3 is 1. The quantitative estimate of drug-likeness (QED) is 0.264. The molecular formula is C30H35F3N4OS. The Balaban J connectivity index is 1.32. The Morgan fingerprint density at radius 3 is 2.79 bits per heavy atom. The van der Waals surface area contributed by atoms with Crippen LogP contribution in [0.15, 0.2) is 53.6 Å². The first-order valence-electron chi connectivity index (χ1n) is 13.5. The van der Waals surface area contributed by atoms with Gasteiger partial charge in [0.15, 0.2) is 0 Å². The van der Waals surface area contributed by atoms with Gasteiger partial charge in [-0.3, -0.25) is 9.88 Å². The van der Waals surface area contributed by atoms with Crippen molar-refractivity contribution in [2.45, 2.75) is 64.4 Å². The molecule has 0 bridgehead atoms. The maximum atomic E-state index is 14.0. The maximum absolute atomic E-state index is 14.0. The fraction of sp³-hybridized carbons (Fsp3) is 0.467. The summed E-state index contributed by atoms with van der Waals surface area (Å²) in [7, 11) is 1.66. The summed E-state index contributed by atoms with van der Waals surface area (Å²) in [5.41, 5.74) is 4.01. The normalized spacial score (nSPS) is 17.5. The Bertz CT molecular complexity index is 1300. The van der Waals surface area contributed by atoms with Crippen molar-refractivity contribution in [1.29, 1.82) is 0 Å². The molecule has 0 saturated heterocycles. The highest BCUT2D eigenvalue weighted by Gasteiger charge is 2.35. The molecule has 1 atom stereocenters. The molecule has 9 heteroatoms. The summed E-state index contributed by atoms with van der Waals surface area (Å²) >= 11 is 1.65. The lowest BCUT2D eigenvalue weighted by atomic mass is 9.73. The lowest BCUT2D eigenvalue weighted by molar-refractivity contribution is -0.138. The molecular weight excluding hydrogens is 521 g/mol. The number of benzene rings is 1. The number of ether oxygens (including phenoxy) is 1. The summed E-state index contributed by atoms with van der Waals surface area (Å²) in [6, 6.07) is 9.27. The van der Waals surface area contributed by atoms with Gasteiger partial charge in [0, 0.05) is 49.9 Å². The summed E-state index contributed by atoms with van der Waals surface area (Å²) in [4.78, 5) is 11.3. The van der Waals surface area contributed by atoms with Gasteiger partial charge in [0.2, 0.25) is 0 Å². The van der Waals surface area contributed by atoms with E-state index in [9.17, 15) is 13.2 Å². The van der Waals surface area contributed by atoms with Crippen molar-refractivity contribution in [1.82, 2.24) is 14.9 Å². The van der Waals surface area contributed by atoms with Crippen molar-refractivity contribution >= 4 is 17.0 Å². The number of aromatic nitrogens is 2. The molecule has 1 saturated carbocycles. The first-order chi connectivity index (χ1) is 18.8. The minimum atomic E-state index is -4.47. The summed E-state index contributed by atoms with van der Waals surface area (Å²) in [5.74, 6) is 0.694. The summed E-state index contributed by atoms with van der Waals surface area (Å²) < 4.78 is 47.4. The van der Waals surface area contributed by atoms with E-state index in [1.54, 1.807) is 24.6 Å². The molecule has 1 N–H and O–H groups in total. The first-order valence-corrected chi connectivity index (χ1v) is 14.4. The van der Waals surface area contributed by atoms with Crippen LogP contribution < -0.4 is 5.32 Å². The minimum absolute atomic E-state index is 0.00560. The third-order valence-corrected chi connectivity index (χ3v) is 8.58. The molecule has 1 aliphatic heterocycles. The molecule has 5 nitrogen and oxygen atoms in total. The van der Waals surface area contributed by atoms with Crippen LogP contribution in [0.25, 0.3) is 0 Å². The lowest BCUT2D eigenvalue weighted by Gasteiger charge is -2.33. The molecule has 1 aliphatic carbocycles. The third-order valence-electron chi connectivity index (χ3n) is 7.60. The molecule has 1 fully saturated rings. The predicted octanol–water partition coefficient (Wildman–Crippen LogP) is 7.40. The zero-order chi connectivity index (χ0) is 27.4. The van der Waals surface area contributed by atoms with Crippen LogP contribution in [0.2, 0.25) is 0 Å². The van der Waals surface area contributed by atoms with Crippen molar-refractivity contribution in [2.24, 2.45) is 5.92 Å². The molecule has 1 aromatic carbocycles. The van der Waals surface area contributed by atoms with Crippen LogP contribution in [0.5, 0.6) is 0 Å². The number of pyridine rings is 1. The van der Waals surface area contributed by atoms with E-state index < -0.39 is 11.7 Å². The fourth-order valence-electron chi connectivity index (χ4n) is 5.49. The molecule has 0 radical (unpaired) electrons. The number of hydrogen-bond acceptors (Lipinski definition) is 6. The molecule has 39 heavy (non-hydrogen) atoms. The second kappa shape index (κ2) is 12.2. The smallest absolute Gasteiger partial charge is 0.379 e. The van der Waals surface area contributed by atoms with Crippen molar-refractivity contribution in [3.63, 3.8) is 0 Å². The van der Waals surface area contributed by atoms with Gasteiger partial charge in [-0.25, -0.2) is 4.98 Å². The average Bonchev–Trinajstić information content (AvgIpc) is 3.33. The molecule has 2 aliphatic rings. The van der Waals surface area contributed by atoms with E-state index in [1.165, 1.54) is 18.1 Å². The highest BCUT2D eigenvalue weighted by atomic mass is 32.1. The molecule has 3 heterocycles. The van der Waals surface area contributed by atoms with Crippen molar-refractivity contribution < 1.29 is 17.9 Å². The van der Waals surface area contributed by atoms with Gasteiger partial charge in [0.25, 0.3) is 0 Å². The van der Waals surface area contributed by atoms with Crippen LogP contribution in [0.4, 0.5) is 18.9 Å². The fourth-order valence-corrected chi connectivity index (χ4v) is 6.51. The van der Waals surface area contributed by atoms with Crippen LogP contribution in [-0.4, -0.2) is 35.1 Å². The standard InChI is InChI=1S/C30H35F3N4OS/c1-20-6-5-11-37(16-20)17-21-12-26(30(31,32)33)27(35-14-21)15-34-24-10-4-9-23(13-24)28(22-7-3-8-22)29-36-25(18-38-2)19-39-29/h4,6,9-10,12-14,19,22,28,34H,3,5,7-8,11,15-18H2,1-2H3. The molecule has 1 unspecified atom stereocenters. The SMILES string of the molecule is COCc1csc(C(c2cccc(NCc3ncc(CN4CCC=C(C)C4)cc3C(F)(F)F)c2)C2CCC2)n1. The van der Waals surface area contributed by atoms with Crippen molar-refractivity contribution in [2.75, 3.05) is 25.5 Å². The van der Waals surface area contributed by atoms with E-state index in [0.29, 0.717) is 24.6 Å². The zero-order valence-electron chi connectivity index (χ0n) is 22.4. The van der Waals surface area contributed by atoms with Gasteiger partial charge in [-0.15, -0.1) is 11.3 Å². The Hall–Kier alpha value is -2.75. The first kappa shape index (κ1) is 27.8. The average molecular weight is 557 g/mol. The van der Waals surface area contributed by atoms with Crippen LogP contribution in [-0.2, 0) is 30.6 Å². The molecule has 0 amide bonds. The molecule has 2 aromatic heterocycles. The number of thiazole rings is 1. The van der Waals surface area contributed by atoms with Crippen molar-refractivity contribution in [3.05, 3.63) is 86.6 Å². The van der Waals surface area contributed by atoms with E-state index in [2.05, 4.69) is 34.3 Å². The van der Waals surface area contributed by atoms with Gasteiger partial charge < -0.3 is 10.1 Å². The monoisotopic (exact) mass is 556 g/mol. The van der Waals surface area contributed by atoms with E-state index in [0.717, 1.165) is 54.3 Å². The highest BCUT2D eigenvalue weighted by Crippen LogP contribution is 2.44. The largest absolute Gasteiger partial charge is 0.418 e. The molecule has 0 spiro atoms. The lowest BCUT2D eigenvalue weighted by Crippen LogP contribution is -2.29. The van der Waals surface area contributed by atoms with E-state index in [4.69, 9.17) is 9.72 Å². The summed E-state index contributed by atoms with van der Waals surface area (Å²) in [5, 5.41) is 6.32. The van der Waals surface area contributed by atoms with Crippen LogP contribution in [0.3, 0.4) is 0 Å². The minimum Gasteiger partial charge on any atom is -0.379 e. The molecule has 208 valence electrons. The molecule has 3 aromatic rings. The second-order valence-electron chi connectivity index (χ2n) is 10.6. The number of nitrogens with zero attached hydrogens (tertiary/aromatic N) is 3. The Morgan fingerprint density at radius 2 is 2.08 bits per heavy atom. The van der Waals surface area contributed by atoms with Gasteiger partial charge in [-0.2, -0.15) is 13.2 Å². The van der Waals surface area contributed by atoms with Gasteiger partial charge in [0.05, 0.1) is 30.1 Å². The molecule has 5 rings (SSSR count). The van der Waals surface area contributed by atoms with Gasteiger partial charge in [0.1, 0.15) is 5.01 Å². The topological polar surface area (TPSA) is 50.3 Å². The van der Waals surface area contributed by atoms with Gasteiger partial charge >= 0.3 is 6.18 Å². The highest BCUT2D eigenvalue weighted by molar-refractivity contribution is 7.09. The van der Waals surface area contributed by atoms with Crippen LogP contribution >= 0.6 is 11.3 Å². The zero-order valence-corrected chi connectivity index (χ0v) is 23.2. The Morgan fingerprint density at radius 1 is 1.23 bits per heavy atom. The number of anilines is 1. The van der Waals surface area contributed by atoms with Crippen LogP contribution in [0, 0.1) is 5.92 Å². The Labute approximate surface area is 232 Å². The summed E-state index contributed by atoms with van der Waals surface area (Å²) in [6.45, 7) is 4.61. The number of alkyl halides is 3. The van der Waals surface area contributed by atoms with E-state index in [1.807, 2.05) is 23.6 Å². The predicted molar refractivity (Wildman–Crippen MR) is 149 cm³/mol. The van der Waals surface area contributed by atoms with Crippen molar-refractivity contribution in [3.8, 4) is 0 Å². The number of halogens is 3. The van der Waals surface area contributed by atoms with E-state index >= 15 is 0 Å². The number of nitrogens with one attached hydrogen (secondary N) is 1. The van der Waals surface area contributed by atoms with Gasteiger partial charge in [-0.05, 0) is 61.4 Å². The maximum Gasteiger partial charge on any atom is 0.418 e. The van der Waals surface area contributed by atoms with E-state index in [-0.39, 0.29) is 18.2 Å². The second-order valence-corrected chi connectivity index (χ2v) is 11.5. The third kappa shape index (κ3) is 6.88.